The topological polar surface area (TPSA) is 44.4 Å². The second kappa shape index (κ2) is 7.40. The minimum atomic E-state index is -0.264. The quantitative estimate of drug-likeness (QED) is 0.835. The van der Waals surface area contributed by atoms with E-state index in [4.69, 9.17) is 12.2 Å². The predicted octanol–water partition coefficient (Wildman–Crippen LogP) is 3.44. The lowest BCUT2D eigenvalue weighted by molar-refractivity contribution is -0.117. The normalized spacial score (nSPS) is 13.9. The minimum absolute atomic E-state index is 0.169. The molecule has 0 aliphatic carbocycles. The molecule has 3 rings (SSSR count). The summed E-state index contributed by atoms with van der Waals surface area (Å²) in [5.41, 5.74) is 2.56. The van der Waals surface area contributed by atoms with Gasteiger partial charge in [-0.1, -0.05) is 12.1 Å². The Balaban J connectivity index is 1.53. The van der Waals surface area contributed by atoms with E-state index in [1.807, 2.05) is 30.3 Å². The second-order valence-electron chi connectivity index (χ2n) is 5.63. The Morgan fingerprint density at radius 1 is 1.21 bits per heavy atom. The molecule has 0 aromatic heterocycles. The number of rotatable bonds is 4. The van der Waals surface area contributed by atoms with Gasteiger partial charge in [-0.05, 0) is 60.6 Å². The van der Waals surface area contributed by atoms with Crippen molar-refractivity contribution in [3.05, 3.63) is 59.9 Å². The van der Waals surface area contributed by atoms with Gasteiger partial charge in [0.25, 0.3) is 0 Å². The lowest BCUT2D eigenvalue weighted by Crippen LogP contribution is -2.28. The number of carbonyl (C=O) groups excluding carboxylic acids is 1. The predicted molar refractivity (Wildman–Crippen MR) is 97.5 cm³/mol. The van der Waals surface area contributed by atoms with Gasteiger partial charge in [0.1, 0.15) is 5.82 Å². The SMILES string of the molecule is O=C1CCCN1c1ccc(NC(=S)NCc2cccc(F)c2)cc1. The molecule has 124 valence electrons. The first-order chi connectivity index (χ1) is 11.6. The van der Waals surface area contributed by atoms with Crippen molar-refractivity contribution in [2.45, 2.75) is 19.4 Å². The average molecular weight is 343 g/mol. The number of anilines is 2. The third kappa shape index (κ3) is 4.08. The Hall–Kier alpha value is -2.47. The highest BCUT2D eigenvalue weighted by atomic mass is 32.1. The van der Waals surface area contributed by atoms with Crippen LogP contribution in [0.25, 0.3) is 0 Å². The molecule has 6 heteroatoms. The molecule has 0 unspecified atom stereocenters. The van der Waals surface area contributed by atoms with Crippen LogP contribution >= 0.6 is 12.2 Å². The first-order valence-corrected chi connectivity index (χ1v) is 8.22. The first kappa shape index (κ1) is 16.4. The molecule has 1 heterocycles. The van der Waals surface area contributed by atoms with Crippen LogP contribution in [0.5, 0.6) is 0 Å². The summed E-state index contributed by atoms with van der Waals surface area (Å²) in [4.78, 5) is 13.5. The van der Waals surface area contributed by atoms with E-state index in [2.05, 4.69) is 10.6 Å². The Bertz CT molecular complexity index is 748. The maximum Gasteiger partial charge on any atom is 0.227 e. The van der Waals surface area contributed by atoms with Crippen LogP contribution in [0.4, 0.5) is 15.8 Å². The lowest BCUT2D eigenvalue weighted by atomic mass is 10.2. The van der Waals surface area contributed by atoms with Crippen LogP contribution in [-0.2, 0) is 11.3 Å². The summed E-state index contributed by atoms with van der Waals surface area (Å²) in [7, 11) is 0. The highest BCUT2D eigenvalue weighted by Crippen LogP contribution is 2.22. The third-order valence-corrected chi connectivity index (χ3v) is 4.10. The summed E-state index contributed by atoms with van der Waals surface area (Å²) in [5.74, 6) is -0.0942. The molecular weight excluding hydrogens is 325 g/mol. The van der Waals surface area contributed by atoms with Crippen molar-refractivity contribution in [1.29, 1.82) is 0 Å². The van der Waals surface area contributed by atoms with Crippen molar-refractivity contribution in [3.63, 3.8) is 0 Å². The molecule has 0 saturated carbocycles. The van der Waals surface area contributed by atoms with Crippen LogP contribution in [0.15, 0.2) is 48.5 Å². The number of amides is 1. The zero-order valence-corrected chi connectivity index (χ0v) is 13.9. The van der Waals surface area contributed by atoms with Gasteiger partial charge in [-0.25, -0.2) is 4.39 Å². The molecule has 2 aromatic rings. The van der Waals surface area contributed by atoms with Gasteiger partial charge in [-0.2, -0.15) is 0 Å². The van der Waals surface area contributed by atoms with Crippen molar-refractivity contribution in [2.75, 3.05) is 16.8 Å². The number of halogens is 1. The van der Waals surface area contributed by atoms with E-state index in [1.54, 1.807) is 11.0 Å². The molecule has 1 aliphatic heterocycles. The van der Waals surface area contributed by atoms with E-state index < -0.39 is 0 Å². The van der Waals surface area contributed by atoms with Crippen molar-refractivity contribution in [3.8, 4) is 0 Å². The van der Waals surface area contributed by atoms with Gasteiger partial charge in [0.05, 0.1) is 0 Å². The molecule has 4 nitrogen and oxygen atoms in total. The van der Waals surface area contributed by atoms with Crippen LogP contribution in [-0.4, -0.2) is 17.6 Å². The summed E-state index contributed by atoms with van der Waals surface area (Å²) in [6.07, 6.45) is 1.53. The molecule has 0 atom stereocenters. The van der Waals surface area contributed by atoms with Crippen LogP contribution < -0.4 is 15.5 Å². The molecule has 0 bridgehead atoms. The molecule has 1 fully saturated rings. The second-order valence-corrected chi connectivity index (χ2v) is 6.04. The fourth-order valence-electron chi connectivity index (χ4n) is 2.65. The minimum Gasteiger partial charge on any atom is -0.358 e. The average Bonchev–Trinajstić information content (AvgIpc) is 3.00. The van der Waals surface area contributed by atoms with Gasteiger partial charge >= 0.3 is 0 Å². The Morgan fingerprint density at radius 3 is 2.67 bits per heavy atom. The zero-order chi connectivity index (χ0) is 16.9. The molecule has 2 aromatic carbocycles. The van der Waals surface area contributed by atoms with Crippen LogP contribution in [0, 0.1) is 5.82 Å². The van der Waals surface area contributed by atoms with E-state index in [0.29, 0.717) is 18.1 Å². The van der Waals surface area contributed by atoms with Crippen LogP contribution in [0.1, 0.15) is 18.4 Å². The monoisotopic (exact) mass is 343 g/mol. The van der Waals surface area contributed by atoms with E-state index in [1.165, 1.54) is 12.1 Å². The maximum atomic E-state index is 13.1. The number of nitrogens with one attached hydrogen (secondary N) is 2. The number of nitrogens with zero attached hydrogens (tertiary/aromatic N) is 1. The van der Waals surface area contributed by atoms with Crippen molar-refractivity contribution < 1.29 is 9.18 Å². The van der Waals surface area contributed by atoms with E-state index >= 15 is 0 Å². The highest BCUT2D eigenvalue weighted by molar-refractivity contribution is 7.80. The molecule has 24 heavy (non-hydrogen) atoms. The molecule has 2 N–H and O–H groups in total. The van der Waals surface area contributed by atoms with Crippen molar-refractivity contribution >= 4 is 34.6 Å². The maximum absolute atomic E-state index is 13.1. The van der Waals surface area contributed by atoms with Gasteiger partial charge < -0.3 is 15.5 Å². The summed E-state index contributed by atoms with van der Waals surface area (Å²) in [6.45, 7) is 1.23. The van der Waals surface area contributed by atoms with E-state index in [-0.39, 0.29) is 11.7 Å². The number of thiocarbonyl (C=S) groups is 1. The van der Waals surface area contributed by atoms with Crippen molar-refractivity contribution in [2.24, 2.45) is 0 Å². The molecule has 1 saturated heterocycles. The molecular formula is C18H18FN3OS. The van der Waals surface area contributed by atoms with E-state index in [0.717, 1.165) is 29.9 Å². The van der Waals surface area contributed by atoms with Gasteiger partial charge in [0, 0.05) is 30.9 Å². The first-order valence-electron chi connectivity index (χ1n) is 7.81. The third-order valence-electron chi connectivity index (χ3n) is 3.85. The van der Waals surface area contributed by atoms with Gasteiger partial charge in [-0.3, -0.25) is 4.79 Å². The molecule has 1 amide bonds. The van der Waals surface area contributed by atoms with Crippen LogP contribution in [0.3, 0.4) is 0 Å². The number of hydrogen-bond acceptors (Lipinski definition) is 2. The smallest absolute Gasteiger partial charge is 0.227 e. The number of carbonyl (C=O) groups is 1. The van der Waals surface area contributed by atoms with E-state index in [9.17, 15) is 9.18 Å². The van der Waals surface area contributed by atoms with Crippen LogP contribution in [0.2, 0.25) is 0 Å². The van der Waals surface area contributed by atoms with Gasteiger partial charge in [0.2, 0.25) is 5.91 Å². The Morgan fingerprint density at radius 2 is 2.00 bits per heavy atom. The largest absolute Gasteiger partial charge is 0.358 e. The summed E-state index contributed by atoms with van der Waals surface area (Å²) in [5, 5.41) is 6.58. The summed E-state index contributed by atoms with van der Waals surface area (Å²) in [6, 6.07) is 14.0. The van der Waals surface area contributed by atoms with Gasteiger partial charge in [0.15, 0.2) is 5.11 Å². The summed E-state index contributed by atoms with van der Waals surface area (Å²) < 4.78 is 13.1. The Labute approximate surface area is 145 Å². The molecule has 0 spiro atoms. The fraction of sp³-hybridized carbons (Fsp3) is 0.222. The number of benzene rings is 2. The van der Waals surface area contributed by atoms with Crippen molar-refractivity contribution in [1.82, 2.24) is 5.32 Å². The Kier molecular flexibility index (Phi) is 5.05. The lowest BCUT2D eigenvalue weighted by Gasteiger charge is -2.16. The molecule has 1 aliphatic rings. The fourth-order valence-corrected chi connectivity index (χ4v) is 2.84. The molecule has 0 radical (unpaired) electrons. The zero-order valence-electron chi connectivity index (χ0n) is 13.1. The van der Waals surface area contributed by atoms with Gasteiger partial charge in [-0.15, -0.1) is 0 Å². The summed E-state index contributed by atoms with van der Waals surface area (Å²) >= 11 is 5.25. The number of hydrogen-bond donors (Lipinski definition) is 2. The highest BCUT2D eigenvalue weighted by Gasteiger charge is 2.21. The standard InChI is InChI=1S/C18H18FN3OS/c19-14-4-1-3-13(11-14)12-20-18(24)21-15-6-8-16(9-7-15)22-10-2-5-17(22)23/h1,3-4,6-9,11H,2,5,10,12H2,(H2,20,21,24).